The van der Waals surface area contributed by atoms with E-state index in [9.17, 15) is 5.26 Å². The van der Waals surface area contributed by atoms with E-state index in [1.807, 2.05) is 37.4 Å². The second-order valence-electron chi connectivity index (χ2n) is 5.05. The number of benzene rings is 1. The second-order valence-corrected chi connectivity index (χ2v) is 5.05. The molecule has 0 bridgehead atoms. The zero-order chi connectivity index (χ0) is 17.2. The van der Waals surface area contributed by atoms with Crippen LogP contribution in [-0.4, -0.2) is 13.6 Å². The molecule has 1 aromatic carbocycles. The van der Waals surface area contributed by atoms with Crippen LogP contribution in [0.5, 0.6) is 0 Å². The summed E-state index contributed by atoms with van der Waals surface area (Å²) >= 11 is 0. The maximum atomic E-state index is 9.18. The molecule has 0 atom stereocenters. The van der Waals surface area contributed by atoms with Gasteiger partial charge in [-0.05, 0) is 30.2 Å². The predicted molar refractivity (Wildman–Crippen MR) is 90.6 cm³/mol. The Morgan fingerprint density at radius 3 is 2.22 bits per heavy atom. The predicted octanol–water partition coefficient (Wildman–Crippen LogP) is 3.09. The third-order valence-electron chi connectivity index (χ3n) is 3.40. The molecule has 0 heterocycles. The summed E-state index contributed by atoms with van der Waals surface area (Å²) in [6.45, 7) is 3.14. The van der Waals surface area contributed by atoms with Crippen molar-refractivity contribution in [3.8, 4) is 18.2 Å². The Kier molecular flexibility index (Phi) is 6.92. The lowest BCUT2D eigenvalue weighted by Gasteiger charge is -2.18. The molecule has 0 aromatic heterocycles. The van der Waals surface area contributed by atoms with Gasteiger partial charge in [-0.25, -0.2) is 0 Å². The van der Waals surface area contributed by atoms with Gasteiger partial charge in [0.1, 0.15) is 18.2 Å². The highest BCUT2D eigenvalue weighted by Crippen LogP contribution is 2.18. The van der Waals surface area contributed by atoms with Gasteiger partial charge in [-0.1, -0.05) is 25.5 Å². The Hall–Kier alpha value is -3.23. The lowest BCUT2D eigenvalue weighted by molar-refractivity contribution is 0.767. The van der Waals surface area contributed by atoms with E-state index in [1.165, 1.54) is 0 Å². The fourth-order valence-corrected chi connectivity index (χ4v) is 1.97. The van der Waals surface area contributed by atoms with Crippen molar-refractivity contribution in [2.45, 2.75) is 19.8 Å². The monoisotopic (exact) mass is 305 g/mol. The van der Waals surface area contributed by atoms with Gasteiger partial charge >= 0.3 is 0 Å². The fraction of sp³-hybridized carbons (Fsp3) is 0.278. The summed E-state index contributed by atoms with van der Waals surface area (Å²) in [7, 11) is 2.04. The van der Waals surface area contributed by atoms with Crippen LogP contribution in [0.1, 0.15) is 25.3 Å². The molecule has 0 unspecified atom stereocenters. The molecule has 0 spiro atoms. The fourth-order valence-electron chi connectivity index (χ4n) is 1.97. The van der Waals surface area contributed by atoms with Crippen molar-refractivity contribution in [3.05, 3.63) is 46.7 Å². The summed E-state index contributed by atoms with van der Waals surface area (Å²) in [6, 6.07) is 13.0. The van der Waals surface area contributed by atoms with E-state index in [4.69, 9.17) is 16.3 Å². The highest BCUT2D eigenvalue weighted by atomic mass is 15.1. The van der Waals surface area contributed by atoms with Gasteiger partial charge in [-0.2, -0.15) is 15.8 Å². The number of hydrogen-bond acceptors (Lipinski definition) is 5. The topological polar surface area (TPSA) is 101 Å². The average Bonchev–Trinajstić information content (AvgIpc) is 2.58. The maximum Gasteiger partial charge on any atom is 0.153 e. The maximum absolute atomic E-state index is 9.18. The quantitative estimate of drug-likeness (QED) is 0.643. The summed E-state index contributed by atoms with van der Waals surface area (Å²) in [5, 5.41) is 26.8. The van der Waals surface area contributed by atoms with Gasteiger partial charge in [0.15, 0.2) is 5.57 Å². The number of nitrogens with two attached hydrogens (primary N) is 1. The number of hydrogen-bond donors (Lipinski definition) is 1. The molecule has 0 amide bonds. The standard InChI is InChI=1S/C18H19N5/c1-3-4-9-23(2)17-7-5-14(6-8-17)10-15(11-19)18(22)16(12-20)13-21/h5-8,10H,3-4,9,22H2,1-2H3/b15-10+. The van der Waals surface area contributed by atoms with Gasteiger partial charge in [0.05, 0.1) is 11.3 Å². The highest BCUT2D eigenvalue weighted by molar-refractivity contribution is 5.67. The van der Waals surface area contributed by atoms with Crippen molar-refractivity contribution in [1.29, 1.82) is 15.8 Å². The second kappa shape index (κ2) is 8.93. The van der Waals surface area contributed by atoms with Crippen molar-refractivity contribution in [1.82, 2.24) is 0 Å². The zero-order valence-electron chi connectivity index (χ0n) is 13.4. The van der Waals surface area contributed by atoms with Crippen LogP contribution >= 0.6 is 0 Å². The smallest absolute Gasteiger partial charge is 0.153 e. The van der Waals surface area contributed by atoms with Crippen LogP contribution in [0, 0.1) is 34.0 Å². The SMILES string of the molecule is CCCCN(C)c1ccc(/C=C(\C#N)C(N)=C(C#N)C#N)cc1. The number of anilines is 1. The van der Waals surface area contributed by atoms with Crippen LogP contribution in [0.15, 0.2) is 41.1 Å². The third kappa shape index (κ3) is 4.92. The number of nitrogens with zero attached hydrogens (tertiary/aromatic N) is 4. The molecule has 2 N–H and O–H groups in total. The van der Waals surface area contributed by atoms with Crippen LogP contribution in [-0.2, 0) is 0 Å². The van der Waals surface area contributed by atoms with Crippen LogP contribution in [0.25, 0.3) is 6.08 Å². The van der Waals surface area contributed by atoms with Crippen LogP contribution in [0.3, 0.4) is 0 Å². The molecular weight excluding hydrogens is 286 g/mol. The van der Waals surface area contributed by atoms with E-state index in [2.05, 4.69) is 11.8 Å². The molecule has 0 fully saturated rings. The van der Waals surface area contributed by atoms with Crippen LogP contribution in [0.2, 0.25) is 0 Å². The molecule has 0 saturated heterocycles. The molecule has 5 nitrogen and oxygen atoms in total. The van der Waals surface area contributed by atoms with E-state index in [0.29, 0.717) is 0 Å². The van der Waals surface area contributed by atoms with Gasteiger partial charge in [-0.3, -0.25) is 0 Å². The Morgan fingerprint density at radius 2 is 1.74 bits per heavy atom. The largest absolute Gasteiger partial charge is 0.396 e. The molecule has 116 valence electrons. The van der Waals surface area contributed by atoms with Gasteiger partial charge in [-0.15, -0.1) is 0 Å². The summed E-state index contributed by atoms with van der Waals surface area (Å²) in [6.07, 6.45) is 3.84. The molecule has 0 aliphatic carbocycles. The highest BCUT2D eigenvalue weighted by Gasteiger charge is 2.08. The number of rotatable bonds is 6. The first-order valence-electron chi connectivity index (χ1n) is 7.30. The van der Waals surface area contributed by atoms with E-state index >= 15 is 0 Å². The van der Waals surface area contributed by atoms with E-state index in [1.54, 1.807) is 18.2 Å². The summed E-state index contributed by atoms with van der Waals surface area (Å²) in [5.41, 5.74) is 7.34. The van der Waals surface area contributed by atoms with Crippen LogP contribution < -0.4 is 10.6 Å². The van der Waals surface area contributed by atoms with E-state index in [0.717, 1.165) is 30.6 Å². The van der Waals surface area contributed by atoms with Crippen molar-refractivity contribution in [2.75, 3.05) is 18.5 Å². The summed E-state index contributed by atoms with van der Waals surface area (Å²) < 4.78 is 0. The lowest BCUT2D eigenvalue weighted by Crippen LogP contribution is -2.17. The van der Waals surface area contributed by atoms with Gasteiger partial charge in [0.25, 0.3) is 0 Å². The van der Waals surface area contributed by atoms with Crippen molar-refractivity contribution < 1.29 is 0 Å². The normalized spacial score (nSPS) is 10.1. The molecular formula is C18H19N5. The molecule has 0 aliphatic heterocycles. The lowest BCUT2D eigenvalue weighted by atomic mass is 10.1. The molecule has 1 rings (SSSR count). The first-order valence-corrected chi connectivity index (χ1v) is 7.30. The summed E-state index contributed by atoms with van der Waals surface area (Å²) in [4.78, 5) is 2.17. The van der Waals surface area contributed by atoms with Crippen molar-refractivity contribution in [2.24, 2.45) is 5.73 Å². The molecule has 1 aromatic rings. The Bertz CT molecular complexity index is 705. The minimum Gasteiger partial charge on any atom is -0.396 e. The van der Waals surface area contributed by atoms with Crippen molar-refractivity contribution >= 4 is 11.8 Å². The number of allylic oxidation sites excluding steroid dienone is 2. The van der Waals surface area contributed by atoms with E-state index < -0.39 is 0 Å². The van der Waals surface area contributed by atoms with Crippen LogP contribution in [0.4, 0.5) is 5.69 Å². The molecule has 5 heteroatoms. The first kappa shape index (κ1) is 17.8. The molecule has 0 aliphatic rings. The molecule has 0 saturated carbocycles. The Labute approximate surface area is 137 Å². The summed E-state index contributed by atoms with van der Waals surface area (Å²) in [5.74, 6) is 0. The van der Waals surface area contributed by atoms with E-state index in [-0.39, 0.29) is 16.8 Å². The Balaban J connectivity index is 3.05. The van der Waals surface area contributed by atoms with Crippen molar-refractivity contribution in [3.63, 3.8) is 0 Å². The number of nitriles is 3. The minimum atomic E-state index is -0.256. The average molecular weight is 305 g/mol. The zero-order valence-corrected chi connectivity index (χ0v) is 13.4. The number of unbranched alkanes of at least 4 members (excludes halogenated alkanes) is 1. The molecule has 0 radical (unpaired) electrons. The molecule has 23 heavy (non-hydrogen) atoms. The minimum absolute atomic E-state index is 0.0957. The Morgan fingerprint density at radius 1 is 1.13 bits per heavy atom. The third-order valence-corrected chi connectivity index (χ3v) is 3.40. The van der Waals surface area contributed by atoms with Gasteiger partial charge in [0.2, 0.25) is 0 Å². The van der Waals surface area contributed by atoms with Gasteiger partial charge < -0.3 is 10.6 Å². The van der Waals surface area contributed by atoms with Gasteiger partial charge in [0, 0.05) is 19.3 Å². The first-order chi connectivity index (χ1) is 11.1.